The number of hydrogen-bond acceptors (Lipinski definition) is 2. The average Bonchev–Trinajstić information content (AvgIpc) is 3.07. The highest BCUT2D eigenvalue weighted by Gasteiger charge is 2.19. The van der Waals surface area contributed by atoms with Gasteiger partial charge in [0.25, 0.3) is 0 Å². The molecular formula is C20H12Cl3FN4O. The van der Waals surface area contributed by atoms with Crippen molar-refractivity contribution in [2.45, 2.75) is 0 Å². The molecule has 1 aromatic heterocycles. The van der Waals surface area contributed by atoms with Crippen LogP contribution in [0, 0.1) is 5.82 Å². The van der Waals surface area contributed by atoms with Crippen molar-refractivity contribution in [2.75, 3.05) is 10.6 Å². The molecule has 0 saturated carbocycles. The van der Waals surface area contributed by atoms with Crippen molar-refractivity contribution in [3.05, 3.63) is 75.5 Å². The van der Waals surface area contributed by atoms with Crippen LogP contribution in [0.4, 0.5) is 20.7 Å². The summed E-state index contributed by atoms with van der Waals surface area (Å²) in [6.45, 7) is 0. The van der Waals surface area contributed by atoms with E-state index in [1.807, 2.05) is 30.3 Å². The van der Waals surface area contributed by atoms with Crippen molar-refractivity contribution in [1.82, 2.24) is 10.2 Å². The van der Waals surface area contributed by atoms with Crippen LogP contribution in [0.25, 0.3) is 22.0 Å². The Morgan fingerprint density at radius 3 is 2.34 bits per heavy atom. The molecule has 4 rings (SSSR count). The largest absolute Gasteiger partial charge is 0.324 e. The zero-order valence-corrected chi connectivity index (χ0v) is 16.8. The first kappa shape index (κ1) is 19.5. The number of aromatic amines is 1. The van der Waals surface area contributed by atoms with E-state index in [9.17, 15) is 9.18 Å². The van der Waals surface area contributed by atoms with Crippen LogP contribution in [-0.2, 0) is 0 Å². The summed E-state index contributed by atoms with van der Waals surface area (Å²) in [5, 5.41) is 12.9. The van der Waals surface area contributed by atoms with E-state index in [1.165, 1.54) is 0 Å². The molecule has 5 nitrogen and oxygen atoms in total. The minimum Gasteiger partial charge on any atom is -0.308 e. The number of urea groups is 1. The van der Waals surface area contributed by atoms with Crippen LogP contribution < -0.4 is 10.6 Å². The SMILES string of the molecule is O=C(Nc1cc(Cl)cc(Cl)c1)Nc1n[nH]c2c(F)c(Cl)c(-c3ccccc3)cc12. The molecule has 0 aliphatic heterocycles. The molecule has 0 atom stereocenters. The van der Waals surface area contributed by atoms with E-state index >= 15 is 0 Å². The smallest absolute Gasteiger partial charge is 0.308 e. The second-order valence-corrected chi connectivity index (χ2v) is 7.40. The molecule has 3 N–H and O–H groups in total. The molecule has 0 fully saturated rings. The maximum absolute atomic E-state index is 14.8. The molecule has 0 bridgehead atoms. The number of hydrogen-bond donors (Lipinski definition) is 3. The van der Waals surface area contributed by atoms with Crippen molar-refractivity contribution in [3.63, 3.8) is 0 Å². The second kappa shape index (κ2) is 7.91. The van der Waals surface area contributed by atoms with Gasteiger partial charge in [0.2, 0.25) is 0 Å². The normalized spacial score (nSPS) is 10.9. The summed E-state index contributed by atoms with van der Waals surface area (Å²) < 4.78 is 14.8. The first-order valence-corrected chi connectivity index (χ1v) is 9.51. The number of halogens is 4. The summed E-state index contributed by atoms with van der Waals surface area (Å²) in [7, 11) is 0. The Morgan fingerprint density at radius 2 is 1.66 bits per heavy atom. The topological polar surface area (TPSA) is 69.8 Å². The van der Waals surface area contributed by atoms with Crippen LogP contribution in [0.3, 0.4) is 0 Å². The minimum atomic E-state index is -0.648. The maximum Gasteiger partial charge on any atom is 0.324 e. The highest BCUT2D eigenvalue weighted by Crippen LogP contribution is 2.36. The third-order valence-electron chi connectivity index (χ3n) is 4.18. The summed E-state index contributed by atoms with van der Waals surface area (Å²) in [6, 6.07) is 14.8. The molecule has 0 unspecified atom stereocenters. The zero-order valence-electron chi connectivity index (χ0n) is 14.6. The number of amides is 2. The van der Waals surface area contributed by atoms with Crippen LogP contribution in [0.5, 0.6) is 0 Å². The van der Waals surface area contributed by atoms with E-state index in [1.54, 1.807) is 24.3 Å². The molecule has 2 amide bonds. The monoisotopic (exact) mass is 448 g/mol. The molecule has 3 aromatic carbocycles. The number of nitrogens with zero attached hydrogens (tertiary/aromatic N) is 1. The van der Waals surface area contributed by atoms with Crippen molar-refractivity contribution in [1.29, 1.82) is 0 Å². The van der Waals surface area contributed by atoms with Crippen molar-refractivity contribution in [2.24, 2.45) is 0 Å². The Kier molecular flexibility index (Phi) is 5.32. The van der Waals surface area contributed by atoms with Crippen molar-refractivity contribution in [3.8, 4) is 11.1 Å². The van der Waals surface area contributed by atoms with E-state index in [-0.39, 0.29) is 16.4 Å². The molecule has 1 heterocycles. The van der Waals surface area contributed by atoms with Gasteiger partial charge in [-0.1, -0.05) is 65.1 Å². The van der Waals surface area contributed by atoms with Crippen LogP contribution in [0.1, 0.15) is 0 Å². The zero-order chi connectivity index (χ0) is 20.5. The molecule has 0 aliphatic rings. The number of rotatable bonds is 3. The van der Waals surface area contributed by atoms with E-state index in [4.69, 9.17) is 34.8 Å². The molecule has 0 spiro atoms. The molecule has 0 radical (unpaired) electrons. The van der Waals surface area contributed by atoms with Crippen LogP contribution in [0.15, 0.2) is 54.6 Å². The van der Waals surface area contributed by atoms with Crippen LogP contribution >= 0.6 is 34.8 Å². The molecule has 0 saturated heterocycles. The Bertz CT molecular complexity index is 1210. The quantitative estimate of drug-likeness (QED) is 0.316. The summed E-state index contributed by atoms with van der Waals surface area (Å²) in [4.78, 5) is 12.4. The summed E-state index contributed by atoms with van der Waals surface area (Å²) in [5.74, 6) is -0.496. The second-order valence-electron chi connectivity index (χ2n) is 6.15. The minimum absolute atomic E-state index is 0.0306. The number of aromatic nitrogens is 2. The third-order valence-corrected chi connectivity index (χ3v) is 4.98. The van der Waals surface area contributed by atoms with Crippen molar-refractivity contribution >= 4 is 63.2 Å². The predicted molar refractivity (Wildman–Crippen MR) is 116 cm³/mol. The fourth-order valence-corrected chi connectivity index (χ4v) is 3.70. The molecular weight excluding hydrogens is 438 g/mol. The maximum atomic E-state index is 14.8. The average molecular weight is 450 g/mol. The van der Waals surface area contributed by atoms with Gasteiger partial charge in [-0.3, -0.25) is 10.4 Å². The van der Waals surface area contributed by atoms with Gasteiger partial charge in [-0.05, 0) is 29.8 Å². The number of carbonyl (C=O) groups is 1. The fraction of sp³-hybridized carbons (Fsp3) is 0. The van der Waals surface area contributed by atoms with Gasteiger partial charge in [-0.25, -0.2) is 9.18 Å². The number of carbonyl (C=O) groups excluding carboxylic acids is 1. The number of anilines is 2. The van der Waals surface area contributed by atoms with Gasteiger partial charge in [-0.2, -0.15) is 5.10 Å². The summed E-state index contributed by atoms with van der Waals surface area (Å²) >= 11 is 18.1. The van der Waals surface area contributed by atoms with E-state index in [0.717, 1.165) is 5.56 Å². The lowest BCUT2D eigenvalue weighted by atomic mass is 10.0. The molecule has 146 valence electrons. The number of H-pyrrole nitrogens is 1. The summed E-state index contributed by atoms with van der Waals surface area (Å²) in [5.41, 5.74) is 1.72. The van der Waals surface area contributed by atoms with E-state index in [0.29, 0.717) is 26.7 Å². The molecule has 29 heavy (non-hydrogen) atoms. The van der Waals surface area contributed by atoms with Gasteiger partial charge in [0.05, 0.1) is 5.02 Å². The Labute approximate surface area is 179 Å². The van der Waals surface area contributed by atoms with Crippen LogP contribution in [0.2, 0.25) is 15.1 Å². The van der Waals surface area contributed by atoms with Crippen LogP contribution in [-0.4, -0.2) is 16.2 Å². The van der Waals surface area contributed by atoms with Gasteiger partial charge in [-0.15, -0.1) is 0 Å². The van der Waals surface area contributed by atoms with Gasteiger partial charge < -0.3 is 5.32 Å². The first-order chi connectivity index (χ1) is 13.9. The number of benzene rings is 3. The lowest BCUT2D eigenvalue weighted by Gasteiger charge is -2.09. The van der Waals surface area contributed by atoms with Gasteiger partial charge in [0.15, 0.2) is 11.6 Å². The van der Waals surface area contributed by atoms with Gasteiger partial charge in [0, 0.05) is 26.7 Å². The lowest BCUT2D eigenvalue weighted by Crippen LogP contribution is -2.19. The fourth-order valence-electron chi connectivity index (χ4n) is 2.91. The highest BCUT2D eigenvalue weighted by atomic mass is 35.5. The third kappa shape index (κ3) is 4.00. The molecule has 4 aromatic rings. The molecule has 9 heteroatoms. The van der Waals surface area contributed by atoms with E-state index in [2.05, 4.69) is 20.8 Å². The van der Waals surface area contributed by atoms with Crippen molar-refractivity contribution < 1.29 is 9.18 Å². The van der Waals surface area contributed by atoms with E-state index < -0.39 is 11.8 Å². The Balaban J connectivity index is 1.67. The number of nitrogens with one attached hydrogen (secondary N) is 3. The Hall–Kier alpha value is -2.80. The first-order valence-electron chi connectivity index (χ1n) is 8.38. The highest BCUT2D eigenvalue weighted by molar-refractivity contribution is 6.35. The lowest BCUT2D eigenvalue weighted by molar-refractivity contribution is 0.262. The number of fused-ring (bicyclic) bond motifs is 1. The predicted octanol–water partition coefficient (Wildman–Crippen LogP) is 6.97. The standard InChI is InChI=1S/C20H12Cl3FN4O/c21-11-6-12(22)8-13(7-11)25-20(29)26-19-15-9-14(10-4-2-1-3-5-10)16(23)17(24)18(15)27-28-19/h1-9H,(H3,25,26,27,28,29). The summed E-state index contributed by atoms with van der Waals surface area (Å²) in [6.07, 6.45) is 0. The van der Waals surface area contributed by atoms with Gasteiger partial charge in [0.1, 0.15) is 5.52 Å². The molecule has 0 aliphatic carbocycles. The Morgan fingerprint density at radius 1 is 0.966 bits per heavy atom. The van der Waals surface area contributed by atoms with Gasteiger partial charge >= 0.3 is 6.03 Å².